The monoisotopic (exact) mass is 504 g/mol. The third kappa shape index (κ3) is 6.08. The van der Waals surface area contributed by atoms with Gasteiger partial charge in [0.05, 0.1) is 12.0 Å². The molecule has 0 spiro atoms. The molecule has 2 aromatic carbocycles. The van der Waals surface area contributed by atoms with Gasteiger partial charge < -0.3 is 5.32 Å². The summed E-state index contributed by atoms with van der Waals surface area (Å²) in [5.41, 5.74) is -0.506. The van der Waals surface area contributed by atoms with Gasteiger partial charge in [0.2, 0.25) is 11.8 Å². The molecule has 9 heteroatoms. The van der Waals surface area contributed by atoms with Crippen LogP contribution in [-0.4, -0.2) is 17.9 Å². The molecule has 184 valence electrons. The highest BCUT2D eigenvalue weighted by molar-refractivity contribution is 7.10. The molecule has 4 rings (SSSR count). The number of thiophene rings is 1. The van der Waals surface area contributed by atoms with Crippen LogP contribution in [0.2, 0.25) is 0 Å². The minimum Gasteiger partial charge on any atom is -0.351 e. The molecule has 1 aromatic heterocycles. The predicted octanol–water partition coefficient (Wildman–Crippen LogP) is 6.28. The standard InChI is InChI=1S/C26H24F4N2O2S/c27-19-5-3-8-21(15-19)32(23(33)16-22-9-4-14-35-22)24(25(34)31-20-6-1-2-7-20)17-10-12-18(13-11-17)26(28,29)30/h3-5,8-15,20,24H,1-2,6-7,16H2,(H,31,34). The van der Waals surface area contributed by atoms with Crippen LogP contribution < -0.4 is 10.2 Å². The van der Waals surface area contributed by atoms with Crippen molar-refractivity contribution in [1.82, 2.24) is 5.32 Å². The Balaban J connectivity index is 1.77. The van der Waals surface area contributed by atoms with Gasteiger partial charge in [-0.1, -0.05) is 37.1 Å². The summed E-state index contributed by atoms with van der Waals surface area (Å²) in [6.45, 7) is 0. The number of hydrogen-bond acceptors (Lipinski definition) is 3. The Hall–Kier alpha value is -3.20. The molecule has 0 saturated heterocycles. The van der Waals surface area contributed by atoms with E-state index >= 15 is 0 Å². The average Bonchev–Trinajstić information content (AvgIpc) is 3.51. The normalized spacial score (nSPS) is 15.1. The van der Waals surface area contributed by atoms with Crippen molar-refractivity contribution in [3.05, 3.63) is 87.9 Å². The molecule has 3 aromatic rings. The first-order valence-corrected chi connectivity index (χ1v) is 12.2. The fourth-order valence-electron chi connectivity index (χ4n) is 4.33. The molecule has 1 heterocycles. The van der Waals surface area contributed by atoms with E-state index in [1.165, 1.54) is 46.6 Å². The van der Waals surface area contributed by atoms with Crippen LogP contribution in [0, 0.1) is 5.82 Å². The molecule has 0 aliphatic heterocycles. The number of halogens is 4. The molecule has 1 N–H and O–H groups in total. The van der Waals surface area contributed by atoms with Gasteiger partial charge in [0.15, 0.2) is 0 Å². The number of hydrogen-bond donors (Lipinski definition) is 1. The van der Waals surface area contributed by atoms with Crippen molar-refractivity contribution >= 4 is 28.8 Å². The predicted molar refractivity (Wildman–Crippen MR) is 126 cm³/mol. The van der Waals surface area contributed by atoms with Gasteiger partial charge >= 0.3 is 6.18 Å². The lowest BCUT2D eigenvalue weighted by Crippen LogP contribution is -2.46. The maximum Gasteiger partial charge on any atom is 0.416 e. The molecular weight excluding hydrogens is 480 g/mol. The van der Waals surface area contributed by atoms with E-state index in [-0.39, 0.29) is 23.7 Å². The van der Waals surface area contributed by atoms with E-state index in [1.807, 2.05) is 5.38 Å². The summed E-state index contributed by atoms with van der Waals surface area (Å²) in [5, 5.41) is 4.77. The second-order valence-electron chi connectivity index (χ2n) is 8.51. The topological polar surface area (TPSA) is 49.4 Å². The second kappa shape index (κ2) is 10.6. The van der Waals surface area contributed by atoms with Crippen LogP contribution in [0.5, 0.6) is 0 Å². The van der Waals surface area contributed by atoms with E-state index in [0.717, 1.165) is 48.8 Å². The van der Waals surface area contributed by atoms with Crippen molar-refractivity contribution in [2.24, 2.45) is 0 Å². The molecule has 35 heavy (non-hydrogen) atoms. The van der Waals surface area contributed by atoms with Crippen LogP contribution in [-0.2, 0) is 22.2 Å². The maximum atomic E-state index is 14.2. The molecule has 1 fully saturated rings. The third-order valence-electron chi connectivity index (χ3n) is 6.02. The van der Waals surface area contributed by atoms with Crippen LogP contribution in [0.3, 0.4) is 0 Å². The van der Waals surface area contributed by atoms with Crippen LogP contribution >= 0.6 is 11.3 Å². The number of anilines is 1. The minimum atomic E-state index is -4.54. The smallest absolute Gasteiger partial charge is 0.351 e. The molecular formula is C26H24F4N2O2S. The third-order valence-corrected chi connectivity index (χ3v) is 6.90. The van der Waals surface area contributed by atoms with E-state index in [4.69, 9.17) is 0 Å². The van der Waals surface area contributed by atoms with Gasteiger partial charge in [0, 0.05) is 16.6 Å². The first-order chi connectivity index (χ1) is 16.7. The Kier molecular flexibility index (Phi) is 7.54. The lowest BCUT2D eigenvalue weighted by molar-refractivity contribution is -0.137. The first kappa shape index (κ1) is 24.9. The number of amides is 2. The Bertz CT molecular complexity index is 1160. The molecule has 1 saturated carbocycles. The van der Waals surface area contributed by atoms with Crippen LogP contribution in [0.1, 0.15) is 47.7 Å². The van der Waals surface area contributed by atoms with Crippen molar-refractivity contribution in [3.8, 4) is 0 Å². The van der Waals surface area contributed by atoms with Crippen LogP contribution in [0.25, 0.3) is 0 Å². The highest BCUT2D eigenvalue weighted by Gasteiger charge is 2.36. The van der Waals surface area contributed by atoms with E-state index in [1.54, 1.807) is 12.1 Å². The summed E-state index contributed by atoms with van der Waals surface area (Å²) in [6.07, 6.45) is -1.09. The van der Waals surface area contributed by atoms with E-state index < -0.39 is 35.4 Å². The number of nitrogens with zero attached hydrogens (tertiary/aromatic N) is 1. The molecule has 1 aliphatic rings. The fraction of sp³-hybridized carbons (Fsp3) is 0.308. The molecule has 1 aliphatic carbocycles. The van der Waals surface area contributed by atoms with Crippen LogP contribution in [0.4, 0.5) is 23.2 Å². The molecule has 1 atom stereocenters. The molecule has 4 nitrogen and oxygen atoms in total. The molecule has 0 radical (unpaired) electrons. The molecule has 2 amide bonds. The van der Waals surface area contributed by atoms with Crippen molar-refractivity contribution < 1.29 is 27.2 Å². The van der Waals surface area contributed by atoms with Gasteiger partial charge in [-0.15, -0.1) is 11.3 Å². The van der Waals surface area contributed by atoms with Crippen molar-refractivity contribution in [3.63, 3.8) is 0 Å². The lowest BCUT2D eigenvalue weighted by Gasteiger charge is -2.32. The number of alkyl halides is 3. The summed E-state index contributed by atoms with van der Waals surface area (Å²) >= 11 is 1.37. The summed E-state index contributed by atoms with van der Waals surface area (Å²) < 4.78 is 53.7. The highest BCUT2D eigenvalue weighted by Crippen LogP contribution is 2.34. The Morgan fingerprint density at radius 1 is 1.03 bits per heavy atom. The first-order valence-electron chi connectivity index (χ1n) is 11.3. The van der Waals surface area contributed by atoms with Gasteiger partial charge in [-0.3, -0.25) is 14.5 Å². The highest BCUT2D eigenvalue weighted by atomic mass is 32.1. The lowest BCUT2D eigenvalue weighted by atomic mass is 10.00. The summed E-state index contributed by atoms with van der Waals surface area (Å²) in [5.74, 6) is -1.58. The van der Waals surface area contributed by atoms with E-state index in [2.05, 4.69) is 5.32 Å². The van der Waals surface area contributed by atoms with E-state index in [9.17, 15) is 27.2 Å². The zero-order chi connectivity index (χ0) is 25.0. The van der Waals surface area contributed by atoms with Gasteiger partial charge in [-0.05, 0) is 60.2 Å². The zero-order valence-electron chi connectivity index (χ0n) is 18.7. The Labute approximate surface area is 204 Å². The summed E-state index contributed by atoms with van der Waals surface area (Å²) in [7, 11) is 0. The van der Waals surface area contributed by atoms with Crippen molar-refractivity contribution in [2.75, 3.05) is 4.90 Å². The number of carbonyl (C=O) groups excluding carboxylic acids is 2. The maximum absolute atomic E-state index is 14.2. The number of benzene rings is 2. The quantitative estimate of drug-likeness (QED) is 0.385. The van der Waals surface area contributed by atoms with Crippen molar-refractivity contribution in [2.45, 2.75) is 50.4 Å². The van der Waals surface area contributed by atoms with Crippen molar-refractivity contribution in [1.29, 1.82) is 0 Å². The Morgan fingerprint density at radius 2 is 1.74 bits per heavy atom. The number of carbonyl (C=O) groups is 2. The van der Waals surface area contributed by atoms with E-state index in [0.29, 0.717) is 0 Å². The second-order valence-corrected chi connectivity index (χ2v) is 9.54. The molecule has 1 unspecified atom stereocenters. The molecule has 0 bridgehead atoms. The average molecular weight is 505 g/mol. The number of nitrogens with one attached hydrogen (secondary N) is 1. The fourth-order valence-corrected chi connectivity index (χ4v) is 5.03. The summed E-state index contributed by atoms with van der Waals surface area (Å²) in [4.78, 5) is 29.1. The van der Waals surface area contributed by atoms with Crippen LogP contribution in [0.15, 0.2) is 66.0 Å². The van der Waals surface area contributed by atoms with Gasteiger partial charge in [-0.2, -0.15) is 13.2 Å². The van der Waals surface area contributed by atoms with Gasteiger partial charge in [-0.25, -0.2) is 4.39 Å². The number of rotatable bonds is 7. The Morgan fingerprint density at radius 3 is 2.34 bits per heavy atom. The SMILES string of the molecule is O=C(NC1CCCC1)C(c1ccc(C(F)(F)F)cc1)N(C(=O)Cc1cccs1)c1cccc(F)c1. The minimum absolute atomic E-state index is 0.0397. The largest absolute Gasteiger partial charge is 0.416 e. The zero-order valence-corrected chi connectivity index (χ0v) is 19.5. The van der Waals surface area contributed by atoms with Gasteiger partial charge in [0.1, 0.15) is 11.9 Å². The van der Waals surface area contributed by atoms with Gasteiger partial charge in [0.25, 0.3) is 0 Å². The summed E-state index contributed by atoms with van der Waals surface area (Å²) in [6, 6.07) is 11.7.